The number of para-hydroxylation sites is 1. The summed E-state index contributed by atoms with van der Waals surface area (Å²) in [4.78, 5) is 12.3. The van der Waals surface area contributed by atoms with Crippen LogP contribution >= 0.6 is 0 Å². The van der Waals surface area contributed by atoms with Crippen LogP contribution in [-0.2, 0) is 0 Å². The first kappa shape index (κ1) is 18.7. The summed E-state index contributed by atoms with van der Waals surface area (Å²) >= 11 is 0. The average Bonchev–Trinajstić information content (AvgIpc) is 2.60. The van der Waals surface area contributed by atoms with Crippen LogP contribution in [0.15, 0.2) is 48.5 Å². The first-order valence-electron chi connectivity index (χ1n) is 7.99. The second-order valence-corrected chi connectivity index (χ2v) is 5.33. The minimum Gasteiger partial charge on any atom is -0.435 e. The standard InChI is InChI=1S/C18H21F2N3O2/c19-18(20)25-14-9-7-13(8-10-14)23-16-6-2-1-5-15(16)17(24)22-12-4-3-11-21/h1-2,5-10,18,23H,3-4,11-12,21H2,(H,22,24). The van der Waals surface area contributed by atoms with Gasteiger partial charge in [-0.05, 0) is 55.8 Å². The molecule has 0 saturated carbocycles. The van der Waals surface area contributed by atoms with Gasteiger partial charge < -0.3 is 21.1 Å². The molecule has 0 bridgehead atoms. The zero-order chi connectivity index (χ0) is 18.1. The van der Waals surface area contributed by atoms with Crippen molar-refractivity contribution < 1.29 is 18.3 Å². The zero-order valence-electron chi connectivity index (χ0n) is 13.7. The number of carbonyl (C=O) groups excluding carboxylic acids is 1. The fourth-order valence-corrected chi connectivity index (χ4v) is 2.23. The molecule has 0 aliphatic rings. The summed E-state index contributed by atoms with van der Waals surface area (Å²) in [5.74, 6) is -0.107. The Kier molecular flexibility index (Phi) is 7.16. The highest BCUT2D eigenvalue weighted by atomic mass is 19.3. The van der Waals surface area contributed by atoms with Gasteiger partial charge in [-0.15, -0.1) is 0 Å². The minimum atomic E-state index is -2.86. The van der Waals surface area contributed by atoms with Gasteiger partial charge in [-0.25, -0.2) is 0 Å². The van der Waals surface area contributed by atoms with Crippen molar-refractivity contribution >= 4 is 17.3 Å². The number of unbranched alkanes of at least 4 members (excludes halogenated alkanes) is 1. The molecular formula is C18H21F2N3O2. The minimum absolute atomic E-state index is 0.0754. The molecule has 0 fully saturated rings. The third kappa shape index (κ3) is 6.04. The number of rotatable bonds is 9. The van der Waals surface area contributed by atoms with Gasteiger partial charge in [-0.1, -0.05) is 12.1 Å². The Morgan fingerprint density at radius 2 is 1.80 bits per heavy atom. The van der Waals surface area contributed by atoms with Crippen LogP contribution in [0.4, 0.5) is 20.2 Å². The van der Waals surface area contributed by atoms with Crippen LogP contribution in [0.1, 0.15) is 23.2 Å². The van der Waals surface area contributed by atoms with Crippen LogP contribution in [-0.4, -0.2) is 25.6 Å². The highest BCUT2D eigenvalue weighted by Gasteiger charge is 2.11. The van der Waals surface area contributed by atoms with Crippen molar-refractivity contribution in [1.29, 1.82) is 0 Å². The van der Waals surface area contributed by atoms with Gasteiger partial charge in [-0.3, -0.25) is 4.79 Å². The molecule has 0 radical (unpaired) electrons. The van der Waals surface area contributed by atoms with E-state index in [0.717, 1.165) is 12.8 Å². The number of hydrogen-bond donors (Lipinski definition) is 3. The van der Waals surface area contributed by atoms with Crippen molar-refractivity contribution in [3.05, 3.63) is 54.1 Å². The van der Waals surface area contributed by atoms with E-state index in [4.69, 9.17) is 5.73 Å². The number of alkyl halides is 2. The number of halogens is 2. The van der Waals surface area contributed by atoms with Gasteiger partial charge in [0.25, 0.3) is 5.91 Å². The Bertz CT molecular complexity index is 678. The van der Waals surface area contributed by atoms with Crippen molar-refractivity contribution in [3.63, 3.8) is 0 Å². The molecule has 0 spiro atoms. The summed E-state index contributed by atoms with van der Waals surface area (Å²) < 4.78 is 28.7. The third-order valence-electron chi connectivity index (χ3n) is 3.45. The van der Waals surface area contributed by atoms with E-state index >= 15 is 0 Å². The zero-order valence-corrected chi connectivity index (χ0v) is 13.7. The number of nitrogens with one attached hydrogen (secondary N) is 2. The maximum atomic E-state index is 12.3. The Balaban J connectivity index is 2.03. The predicted octanol–water partition coefficient (Wildman–Crippen LogP) is 3.50. The van der Waals surface area contributed by atoms with Crippen molar-refractivity contribution in [2.45, 2.75) is 19.5 Å². The largest absolute Gasteiger partial charge is 0.435 e. The summed E-state index contributed by atoms with van der Waals surface area (Å²) in [7, 11) is 0. The number of carbonyl (C=O) groups is 1. The molecule has 0 aliphatic carbocycles. The van der Waals surface area contributed by atoms with Gasteiger partial charge in [0, 0.05) is 12.2 Å². The maximum absolute atomic E-state index is 12.3. The van der Waals surface area contributed by atoms with Gasteiger partial charge in [0.1, 0.15) is 5.75 Å². The smallest absolute Gasteiger partial charge is 0.387 e. The first-order chi connectivity index (χ1) is 12.1. The van der Waals surface area contributed by atoms with Gasteiger partial charge >= 0.3 is 6.61 Å². The Hall–Kier alpha value is -2.67. The molecule has 2 aromatic rings. The van der Waals surface area contributed by atoms with Gasteiger partial charge in [0.2, 0.25) is 0 Å². The van der Waals surface area contributed by atoms with Crippen molar-refractivity contribution in [1.82, 2.24) is 5.32 Å². The molecule has 2 aromatic carbocycles. The average molecular weight is 349 g/mol. The molecular weight excluding hydrogens is 328 g/mol. The molecule has 1 amide bonds. The molecule has 2 rings (SSSR count). The van der Waals surface area contributed by atoms with E-state index < -0.39 is 6.61 Å². The highest BCUT2D eigenvalue weighted by molar-refractivity contribution is 6.00. The predicted molar refractivity (Wildman–Crippen MR) is 93.4 cm³/mol. The highest BCUT2D eigenvalue weighted by Crippen LogP contribution is 2.23. The molecule has 0 heterocycles. The van der Waals surface area contributed by atoms with E-state index in [1.165, 1.54) is 12.1 Å². The number of nitrogens with two attached hydrogens (primary N) is 1. The quantitative estimate of drug-likeness (QED) is 0.606. The van der Waals surface area contributed by atoms with Gasteiger partial charge in [-0.2, -0.15) is 8.78 Å². The molecule has 7 heteroatoms. The lowest BCUT2D eigenvalue weighted by molar-refractivity contribution is -0.0498. The van der Waals surface area contributed by atoms with Crippen molar-refractivity contribution in [3.8, 4) is 5.75 Å². The molecule has 0 aliphatic heterocycles. The van der Waals surface area contributed by atoms with E-state index in [-0.39, 0.29) is 11.7 Å². The summed E-state index contributed by atoms with van der Waals surface area (Å²) in [5, 5.41) is 5.96. The number of benzene rings is 2. The van der Waals surface area contributed by atoms with Crippen LogP contribution in [0.2, 0.25) is 0 Å². The lowest BCUT2D eigenvalue weighted by atomic mass is 10.1. The topological polar surface area (TPSA) is 76.4 Å². The van der Waals surface area contributed by atoms with Crippen LogP contribution < -0.4 is 21.1 Å². The number of anilines is 2. The lowest BCUT2D eigenvalue weighted by Crippen LogP contribution is -2.25. The molecule has 0 unspecified atom stereocenters. The molecule has 134 valence electrons. The fraction of sp³-hybridized carbons (Fsp3) is 0.278. The molecule has 4 N–H and O–H groups in total. The second kappa shape index (κ2) is 9.58. The van der Waals surface area contributed by atoms with Crippen LogP contribution in [0.3, 0.4) is 0 Å². The molecule has 0 aromatic heterocycles. The second-order valence-electron chi connectivity index (χ2n) is 5.33. The Morgan fingerprint density at radius 3 is 2.48 bits per heavy atom. The number of hydrogen-bond acceptors (Lipinski definition) is 4. The fourth-order valence-electron chi connectivity index (χ4n) is 2.23. The Labute approximate surface area is 145 Å². The maximum Gasteiger partial charge on any atom is 0.387 e. The lowest BCUT2D eigenvalue weighted by Gasteiger charge is -2.13. The first-order valence-corrected chi connectivity index (χ1v) is 7.99. The number of amides is 1. The summed E-state index contributed by atoms with van der Waals surface area (Å²) in [6, 6.07) is 13.2. The Morgan fingerprint density at radius 1 is 1.08 bits per heavy atom. The molecule has 0 atom stereocenters. The SMILES string of the molecule is NCCCCNC(=O)c1ccccc1Nc1ccc(OC(F)F)cc1. The molecule has 0 saturated heterocycles. The summed E-state index contributed by atoms with van der Waals surface area (Å²) in [6.07, 6.45) is 1.68. The van der Waals surface area contributed by atoms with E-state index in [1.807, 2.05) is 6.07 Å². The van der Waals surface area contributed by atoms with E-state index in [9.17, 15) is 13.6 Å². The van der Waals surface area contributed by atoms with E-state index in [1.54, 1.807) is 30.3 Å². The number of ether oxygens (including phenoxy) is 1. The van der Waals surface area contributed by atoms with Crippen LogP contribution in [0, 0.1) is 0 Å². The summed E-state index contributed by atoms with van der Waals surface area (Å²) in [6.45, 7) is -1.70. The van der Waals surface area contributed by atoms with E-state index in [0.29, 0.717) is 30.0 Å². The normalized spacial score (nSPS) is 10.6. The third-order valence-corrected chi connectivity index (χ3v) is 3.45. The van der Waals surface area contributed by atoms with Crippen LogP contribution in [0.5, 0.6) is 5.75 Å². The molecule has 25 heavy (non-hydrogen) atoms. The van der Waals surface area contributed by atoms with E-state index in [2.05, 4.69) is 15.4 Å². The molecule has 5 nitrogen and oxygen atoms in total. The van der Waals surface area contributed by atoms with Crippen molar-refractivity contribution in [2.75, 3.05) is 18.4 Å². The van der Waals surface area contributed by atoms with Gasteiger partial charge in [0.15, 0.2) is 0 Å². The summed E-state index contributed by atoms with van der Waals surface area (Å²) in [5.41, 5.74) is 7.22. The van der Waals surface area contributed by atoms with Gasteiger partial charge in [0.05, 0.1) is 11.3 Å². The van der Waals surface area contributed by atoms with Crippen LogP contribution in [0.25, 0.3) is 0 Å². The monoisotopic (exact) mass is 349 g/mol. The van der Waals surface area contributed by atoms with Crippen molar-refractivity contribution in [2.24, 2.45) is 5.73 Å².